The third kappa shape index (κ3) is 4.14. The second-order valence-electron chi connectivity index (χ2n) is 12.2. The van der Waals surface area contributed by atoms with E-state index in [1.165, 1.54) is 32.7 Å². The lowest BCUT2D eigenvalue weighted by molar-refractivity contribution is 0.669. The molecule has 0 aliphatic carbocycles. The molecule has 0 aliphatic heterocycles. The zero-order valence-electron chi connectivity index (χ0n) is 25.4. The van der Waals surface area contributed by atoms with Gasteiger partial charge < -0.3 is 13.7 Å². The van der Waals surface area contributed by atoms with Gasteiger partial charge in [-0.1, -0.05) is 97.1 Å². The number of furan rings is 2. The largest absolute Gasteiger partial charge is 0.456 e. The molecule has 220 valence electrons. The van der Waals surface area contributed by atoms with Crippen LogP contribution in [0.15, 0.2) is 173 Å². The van der Waals surface area contributed by atoms with Gasteiger partial charge in [0.2, 0.25) is 0 Å². The molecular formula is C44H27NO2. The van der Waals surface area contributed by atoms with Gasteiger partial charge in [0, 0.05) is 50.7 Å². The Hall–Kier alpha value is -6.32. The van der Waals surface area contributed by atoms with Crippen LogP contribution in [-0.4, -0.2) is 0 Å². The minimum absolute atomic E-state index is 0.856. The van der Waals surface area contributed by atoms with E-state index >= 15 is 0 Å². The van der Waals surface area contributed by atoms with E-state index < -0.39 is 0 Å². The molecule has 0 radical (unpaired) electrons. The Morgan fingerprint density at radius 1 is 0.319 bits per heavy atom. The lowest BCUT2D eigenvalue weighted by Gasteiger charge is -2.25. The van der Waals surface area contributed by atoms with E-state index in [0.29, 0.717) is 0 Å². The molecule has 0 fully saturated rings. The summed E-state index contributed by atoms with van der Waals surface area (Å²) in [4.78, 5) is 2.28. The highest BCUT2D eigenvalue weighted by molar-refractivity contribution is 6.11. The predicted molar refractivity (Wildman–Crippen MR) is 196 cm³/mol. The molecular weight excluding hydrogens is 574 g/mol. The number of anilines is 3. The van der Waals surface area contributed by atoms with Crippen molar-refractivity contribution in [1.82, 2.24) is 0 Å². The highest BCUT2D eigenvalue weighted by Crippen LogP contribution is 2.42. The minimum Gasteiger partial charge on any atom is -0.456 e. The van der Waals surface area contributed by atoms with Crippen molar-refractivity contribution in [2.45, 2.75) is 0 Å². The zero-order chi connectivity index (χ0) is 30.9. The minimum atomic E-state index is 0.856. The van der Waals surface area contributed by atoms with Crippen LogP contribution in [0.3, 0.4) is 0 Å². The molecule has 0 spiro atoms. The second kappa shape index (κ2) is 10.1. The van der Waals surface area contributed by atoms with Crippen LogP contribution in [0.25, 0.3) is 76.5 Å². The number of hydrogen-bond donors (Lipinski definition) is 0. The van der Waals surface area contributed by atoms with Crippen molar-refractivity contribution >= 4 is 82.5 Å². The van der Waals surface area contributed by atoms with Gasteiger partial charge in [0.25, 0.3) is 0 Å². The zero-order valence-corrected chi connectivity index (χ0v) is 25.4. The Bertz CT molecular complexity index is 2800. The highest BCUT2D eigenvalue weighted by Gasteiger charge is 2.18. The molecule has 3 nitrogen and oxygen atoms in total. The molecule has 3 heteroatoms. The van der Waals surface area contributed by atoms with Crippen molar-refractivity contribution in [2.75, 3.05) is 4.90 Å². The van der Waals surface area contributed by atoms with Crippen LogP contribution >= 0.6 is 0 Å². The van der Waals surface area contributed by atoms with Crippen molar-refractivity contribution in [2.24, 2.45) is 0 Å². The number of fused-ring (bicyclic) bond motifs is 8. The van der Waals surface area contributed by atoms with Crippen molar-refractivity contribution < 1.29 is 8.83 Å². The molecule has 0 atom stereocenters. The Balaban J connectivity index is 1.15. The van der Waals surface area contributed by atoms with Crippen molar-refractivity contribution in [3.63, 3.8) is 0 Å². The van der Waals surface area contributed by atoms with E-state index in [1.54, 1.807) is 0 Å². The highest BCUT2D eigenvalue weighted by atomic mass is 16.3. The van der Waals surface area contributed by atoms with Gasteiger partial charge >= 0.3 is 0 Å². The van der Waals surface area contributed by atoms with E-state index in [4.69, 9.17) is 8.83 Å². The number of benzene rings is 8. The molecule has 0 saturated carbocycles. The first-order valence-electron chi connectivity index (χ1n) is 15.9. The summed E-state index contributed by atoms with van der Waals surface area (Å²) < 4.78 is 12.8. The fraction of sp³-hybridized carbons (Fsp3) is 0. The van der Waals surface area contributed by atoms with Gasteiger partial charge in [0.1, 0.15) is 22.3 Å². The van der Waals surface area contributed by atoms with Crippen LogP contribution in [0.4, 0.5) is 17.1 Å². The van der Waals surface area contributed by atoms with Crippen LogP contribution in [0.5, 0.6) is 0 Å². The van der Waals surface area contributed by atoms with Gasteiger partial charge in [-0.3, -0.25) is 0 Å². The number of nitrogens with zero attached hydrogens (tertiary/aromatic N) is 1. The summed E-state index contributed by atoms with van der Waals surface area (Å²) in [6.45, 7) is 0. The monoisotopic (exact) mass is 601 g/mol. The van der Waals surface area contributed by atoms with Crippen molar-refractivity contribution in [3.05, 3.63) is 164 Å². The SMILES string of the molecule is c1ccc2cc3c(cc2c1)oc1cc(N(c2ccc(-c4cccc5ccccc45)cc2)c2ccc4c(c2)oc2ccccc24)ccc13. The number of para-hydroxylation sites is 1. The summed E-state index contributed by atoms with van der Waals surface area (Å²) in [5.74, 6) is 0. The molecule has 0 bridgehead atoms. The van der Waals surface area contributed by atoms with Gasteiger partial charge in [0.15, 0.2) is 0 Å². The van der Waals surface area contributed by atoms with E-state index in [1.807, 2.05) is 12.1 Å². The second-order valence-corrected chi connectivity index (χ2v) is 12.2. The molecule has 0 saturated heterocycles. The number of hydrogen-bond acceptors (Lipinski definition) is 3. The molecule has 10 rings (SSSR count). The molecule has 8 aromatic carbocycles. The maximum atomic E-state index is 6.51. The van der Waals surface area contributed by atoms with Crippen molar-refractivity contribution in [1.29, 1.82) is 0 Å². The fourth-order valence-electron chi connectivity index (χ4n) is 7.16. The summed E-state index contributed by atoms with van der Waals surface area (Å²) in [6.07, 6.45) is 0. The Morgan fingerprint density at radius 3 is 1.62 bits per heavy atom. The standard InChI is InChI=1S/C44H27NO2/c1-2-10-31-25-42-40(24-30(31)9-1)39-23-21-34(27-44(39)47-42)45(33-20-22-38-37-13-5-6-15-41(37)46-43(38)26-33)32-18-16-29(17-19-32)36-14-7-11-28-8-3-4-12-35(28)36/h1-27H. The summed E-state index contributed by atoms with van der Waals surface area (Å²) in [5, 5.41) is 9.32. The topological polar surface area (TPSA) is 29.5 Å². The normalized spacial score (nSPS) is 11.8. The van der Waals surface area contributed by atoms with E-state index in [9.17, 15) is 0 Å². The van der Waals surface area contributed by atoms with Crippen LogP contribution in [0.2, 0.25) is 0 Å². The third-order valence-corrected chi connectivity index (χ3v) is 9.43. The van der Waals surface area contributed by atoms with E-state index in [0.717, 1.165) is 60.9 Å². The van der Waals surface area contributed by atoms with Gasteiger partial charge in [-0.15, -0.1) is 0 Å². The first-order chi connectivity index (χ1) is 23.3. The predicted octanol–water partition coefficient (Wildman–Crippen LogP) is 12.9. The van der Waals surface area contributed by atoms with E-state index in [2.05, 4.69) is 157 Å². The first kappa shape index (κ1) is 26.0. The molecule has 0 aliphatic rings. The Kier molecular flexibility index (Phi) is 5.57. The maximum absolute atomic E-state index is 6.51. The molecule has 0 unspecified atom stereocenters. The van der Waals surface area contributed by atoms with Gasteiger partial charge in [-0.25, -0.2) is 0 Å². The molecule has 2 aromatic heterocycles. The van der Waals surface area contributed by atoms with Crippen LogP contribution in [0.1, 0.15) is 0 Å². The summed E-state index contributed by atoms with van der Waals surface area (Å²) >= 11 is 0. The summed E-state index contributed by atoms with van der Waals surface area (Å²) in [6, 6.07) is 57.9. The van der Waals surface area contributed by atoms with Gasteiger partial charge in [-0.05, 0) is 87.3 Å². The van der Waals surface area contributed by atoms with E-state index in [-0.39, 0.29) is 0 Å². The van der Waals surface area contributed by atoms with Crippen molar-refractivity contribution in [3.8, 4) is 11.1 Å². The third-order valence-electron chi connectivity index (χ3n) is 9.43. The maximum Gasteiger partial charge on any atom is 0.137 e. The van der Waals surface area contributed by atoms with Crippen LogP contribution < -0.4 is 4.90 Å². The lowest BCUT2D eigenvalue weighted by atomic mass is 9.98. The molecule has 2 heterocycles. The van der Waals surface area contributed by atoms with Gasteiger partial charge in [0.05, 0.1) is 0 Å². The fourth-order valence-corrected chi connectivity index (χ4v) is 7.16. The Morgan fingerprint density at radius 2 is 0.851 bits per heavy atom. The van der Waals surface area contributed by atoms with Crippen LogP contribution in [-0.2, 0) is 0 Å². The molecule has 10 aromatic rings. The quantitative estimate of drug-likeness (QED) is 0.201. The Labute approximate surface area is 270 Å². The first-order valence-corrected chi connectivity index (χ1v) is 15.9. The molecule has 47 heavy (non-hydrogen) atoms. The number of rotatable bonds is 4. The summed E-state index contributed by atoms with van der Waals surface area (Å²) in [5.41, 5.74) is 8.97. The molecule has 0 N–H and O–H groups in total. The smallest absolute Gasteiger partial charge is 0.137 e. The van der Waals surface area contributed by atoms with Gasteiger partial charge in [-0.2, -0.15) is 0 Å². The van der Waals surface area contributed by atoms with Crippen LogP contribution in [0, 0.1) is 0 Å². The average molecular weight is 602 g/mol. The lowest BCUT2D eigenvalue weighted by Crippen LogP contribution is -2.09. The summed E-state index contributed by atoms with van der Waals surface area (Å²) in [7, 11) is 0. The molecule has 0 amide bonds. The average Bonchev–Trinajstić information content (AvgIpc) is 3.67.